The number of alkyl halides is 3. The Morgan fingerprint density at radius 2 is 1.52 bits per heavy atom. The first-order valence-corrected chi connectivity index (χ1v) is 15.5. The molecule has 0 unspecified atom stereocenters. The number of anilines is 1. The summed E-state index contributed by atoms with van der Waals surface area (Å²) in [5, 5.41) is 25.5. The maximum absolute atomic E-state index is 12.9. The van der Waals surface area contributed by atoms with Crippen LogP contribution in [0, 0.1) is 5.41 Å². The van der Waals surface area contributed by atoms with Crippen LogP contribution in [0.25, 0.3) is 0 Å². The molecule has 44 heavy (non-hydrogen) atoms. The highest BCUT2D eigenvalue weighted by Crippen LogP contribution is 2.32. The molecule has 0 spiro atoms. The van der Waals surface area contributed by atoms with Gasteiger partial charge in [0.15, 0.2) is 0 Å². The van der Waals surface area contributed by atoms with Crippen LogP contribution in [-0.2, 0) is 24.7 Å². The number of nitrogen functional groups attached to an aromatic ring is 1. The molecular formula is C26H20F3N3O9S3. The van der Waals surface area contributed by atoms with Gasteiger partial charge in [-0.2, -0.15) is 13.2 Å². The third kappa shape index (κ3) is 8.33. The first-order valence-electron chi connectivity index (χ1n) is 11.6. The van der Waals surface area contributed by atoms with E-state index in [9.17, 15) is 39.9 Å². The Morgan fingerprint density at radius 3 is 2.09 bits per heavy atom. The number of carboxylic acids is 2. The Balaban J connectivity index is 0.000000676. The molecule has 6 N–H and O–H groups in total. The van der Waals surface area contributed by atoms with E-state index in [0.29, 0.717) is 5.56 Å². The van der Waals surface area contributed by atoms with Crippen molar-refractivity contribution in [3.63, 3.8) is 0 Å². The monoisotopic (exact) mass is 671 g/mol. The van der Waals surface area contributed by atoms with E-state index in [4.69, 9.17) is 25.8 Å². The zero-order chi connectivity index (χ0) is 32.9. The summed E-state index contributed by atoms with van der Waals surface area (Å²) in [5.41, 5.74) is 5.46. The number of nitrogens with two attached hydrogens (primary N) is 1. The molecule has 1 aromatic heterocycles. The van der Waals surface area contributed by atoms with Crippen LogP contribution in [0.15, 0.2) is 98.2 Å². The molecule has 0 saturated carbocycles. The topological polar surface area (TPSA) is 214 Å². The van der Waals surface area contributed by atoms with Crippen molar-refractivity contribution in [3.05, 3.63) is 95.4 Å². The van der Waals surface area contributed by atoms with Gasteiger partial charge in [0.05, 0.1) is 9.79 Å². The third-order valence-electron chi connectivity index (χ3n) is 5.26. The highest BCUT2D eigenvalue weighted by molar-refractivity contribution is 7.95. The van der Waals surface area contributed by atoms with E-state index in [0.717, 1.165) is 23.5 Å². The summed E-state index contributed by atoms with van der Waals surface area (Å²) in [4.78, 5) is 20.6. The number of sulfonamides is 1. The molecule has 18 heteroatoms. The van der Waals surface area contributed by atoms with E-state index in [1.54, 1.807) is 36.4 Å². The van der Waals surface area contributed by atoms with Gasteiger partial charge < -0.3 is 20.7 Å². The number of rotatable bonds is 9. The number of benzene rings is 3. The second kappa shape index (κ2) is 13.1. The van der Waals surface area contributed by atoms with E-state index in [1.807, 2.05) is 0 Å². The number of carboxylic acid groups (broad SMARTS) is 2. The van der Waals surface area contributed by atoms with Crippen molar-refractivity contribution in [1.82, 2.24) is 0 Å². The fourth-order valence-electron chi connectivity index (χ4n) is 3.23. The number of hydrogen-bond acceptors (Lipinski definition) is 9. The SMILES string of the molecule is N=C(N)c1cccc(Oc2ccc(NS(=O)(=O)c3cc(S(=O)(=O)c4ccccc4)cs3)cc2C(=O)O)c1.O=C(O)C(F)(F)F. The van der Waals surface area contributed by atoms with Crippen LogP contribution in [-0.4, -0.2) is 51.0 Å². The summed E-state index contributed by atoms with van der Waals surface area (Å²) in [5.74, 6) is -4.15. The van der Waals surface area contributed by atoms with Gasteiger partial charge in [0.1, 0.15) is 27.1 Å². The molecule has 0 fully saturated rings. The number of aromatic carboxylic acids is 1. The van der Waals surface area contributed by atoms with Crippen LogP contribution in [0.5, 0.6) is 11.5 Å². The molecule has 0 atom stereocenters. The minimum absolute atomic E-state index is 0.0280. The minimum Gasteiger partial charge on any atom is -0.478 e. The predicted octanol–water partition coefficient (Wildman–Crippen LogP) is 4.79. The molecule has 12 nitrogen and oxygen atoms in total. The van der Waals surface area contributed by atoms with Gasteiger partial charge in [0.25, 0.3) is 10.0 Å². The molecule has 0 radical (unpaired) electrons. The van der Waals surface area contributed by atoms with Gasteiger partial charge in [-0.3, -0.25) is 10.1 Å². The molecule has 0 aliphatic heterocycles. The third-order valence-corrected chi connectivity index (χ3v) is 9.98. The molecule has 232 valence electrons. The summed E-state index contributed by atoms with van der Waals surface area (Å²) < 4.78 is 90.8. The van der Waals surface area contributed by atoms with Crippen LogP contribution < -0.4 is 15.2 Å². The number of ether oxygens (including phenoxy) is 1. The predicted molar refractivity (Wildman–Crippen MR) is 152 cm³/mol. The Kier molecular flexibility index (Phi) is 10.0. The summed E-state index contributed by atoms with van der Waals surface area (Å²) in [6.07, 6.45) is -5.08. The van der Waals surface area contributed by atoms with Gasteiger partial charge in [0.2, 0.25) is 9.84 Å². The van der Waals surface area contributed by atoms with Crippen LogP contribution in [0.2, 0.25) is 0 Å². The van der Waals surface area contributed by atoms with E-state index in [1.165, 1.54) is 35.7 Å². The van der Waals surface area contributed by atoms with E-state index in [2.05, 4.69) is 4.72 Å². The first kappa shape index (κ1) is 33.6. The summed E-state index contributed by atoms with van der Waals surface area (Å²) in [7, 11) is -8.14. The van der Waals surface area contributed by atoms with Crippen LogP contribution in [0.1, 0.15) is 15.9 Å². The van der Waals surface area contributed by atoms with Gasteiger partial charge in [-0.1, -0.05) is 30.3 Å². The van der Waals surface area contributed by atoms with Crippen molar-refractivity contribution in [2.24, 2.45) is 5.73 Å². The molecule has 0 amide bonds. The zero-order valence-corrected chi connectivity index (χ0v) is 24.2. The fourth-order valence-corrected chi connectivity index (χ4v) is 7.18. The lowest BCUT2D eigenvalue weighted by Crippen LogP contribution is -2.21. The number of nitrogens with one attached hydrogen (secondary N) is 2. The van der Waals surface area contributed by atoms with Crippen molar-refractivity contribution in [1.29, 1.82) is 5.41 Å². The Labute approximate surface area is 251 Å². The van der Waals surface area contributed by atoms with Crippen LogP contribution >= 0.6 is 11.3 Å². The van der Waals surface area contributed by atoms with Crippen molar-refractivity contribution in [2.75, 3.05) is 4.72 Å². The Morgan fingerprint density at radius 1 is 0.886 bits per heavy atom. The smallest absolute Gasteiger partial charge is 0.478 e. The van der Waals surface area contributed by atoms with Gasteiger partial charge in [-0.05, 0) is 48.5 Å². The molecule has 3 aromatic carbocycles. The number of aliphatic carboxylic acids is 1. The van der Waals surface area contributed by atoms with E-state index < -0.39 is 38.0 Å². The number of amidine groups is 1. The number of halogens is 3. The van der Waals surface area contributed by atoms with Gasteiger partial charge in [0, 0.05) is 16.6 Å². The fraction of sp³-hybridized carbons (Fsp3) is 0.0385. The zero-order valence-electron chi connectivity index (χ0n) is 21.8. The lowest BCUT2D eigenvalue weighted by atomic mass is 10.1. The Hall–Kier alpha value is -4.94. The quantitative estimate of drug-likeness (QED) is 0.121. The minimum atomic E-state index is -5.08. The molecular weight excluding hydrogens is 651 g/mol. The van der Waals surface area contributed by atoms with E-state index >= 15 is 0 Å². The summed E-state index contributed by atoms with van der Waals surface area (Å²) in [6, 6.07) is 18.5. The number of thiophene rings is 1. The Bertz CT molecular complexity index is 1930. The van der Waals surface area contributed by atoms with Crippen LogP contribution in [0.4, 0.5) is 18.9 Å². The van der Waals surface area contributed by atoms with Gasteiger partial charge in [-0.25, -0.2) is 26.4 Å². The molecule has 4 rings (SSSR count). The number of sulfone groups is 1. The average Bonchev–Trinajstić information content (AvgIpc) is 3.47. The summed E-state index contributed by atoms with van der Waals surface area (Å²) >= 11 is 0.718. The lowest BCUT2D eigenvalue weighted by molar-refractivity contribution is -0.192. The largest absolute Gasteiger partial charge is 0.490 e. The highest BCUT2D eigenvalue weighted by Gasteiger charge is 2.38. The molecule has 0 aliphatic rings. The number of hydrogen-bond donors (Lipinski definition) is 5. The number of carbonyl (C=O) groups is 2. The van der Waals surface area contributed by atoms with Crippen LogP contribution in [0.3, 0.4) is 0 Å². The average molecular weight is 672 g/mol. The van der Waals surface area contributed by atoms with Gasteiger partial charge in [-0.15, -0.1) is 11.3 Å². The second-order valence-electron chi connectivity index (χ2n) is 8.39. The van der Waals surface area contributed by atoms with E-state index in [-0.39, 0.29) is 42.6 Å². The summed E-state index contributed by atoms with van der Waals surface area (Å²) in [6.45, 7) is 0. The second-order valence-corrected chi connectivity index (χ2v) is 13.2. The van der Waals surface area contributed by atoms with Crippen molar-refractivity contribution >= 4 is 54.7 Å². The maximum Gasteiger partial charge on any atom is 0.490 e. The van der Waals surface area contributed by atoms with Crippen molar-refractivity contribution in [2.45, 2.75) is 20.2 Å². The van der Waals surface area contributed by atoms with Crippen molar-refractivity contribution in [3.8, 4) is 11.5 Å². The molecule has 0 aliphatic carbocycles. The molecule has 4 aromatic rings. The molecule has 1 heterocycles. The van der Waals surface area contributed by atoms with Gasteiger partial charge >= 0.3 is 18.1 Å². The lowest BCUT2D eigenvalue weighted by Gasteiger charge is -2.12. The maximum atomic E-state index is 12.9. The molecule has 0 bridgehead atoms. The van der Waals surface area contributed by atoms with Crippen molar-refractivity contribution < 1.29 is 54.5 Å². The highest BCUT2D eigenvalue weighted by atomic mass is 32.2. The standard InChI is InChI=1S/C24H19N3O7S3.C2HF3O2/c25-23(26)15-5-4-6-17(11-15)34-21-10-9-16(12-20(21)24(28)29)27-37(32,33)22-13-19(14-35-22)36(30,31)18-7-2-1-3-8-18;3-2(4,5)1(6)7/h1-14,27H,(H3,25,26)(H,28,29);(H,6,7). The molecule has 0 saturated heterocycles. The first-order chi connectivity index (χ1) is 20.4. The normalized spacial score (nSPS) is 11.5.